The fraction of sp³-hybridized carbons (Fsp3) is 0.438. The summed E-state index contributed by atoms with van der Waals surface area (Å²) < 4.78 is -1.99. The molecule has 0 spiro atoms. The number of amides is 3. The Morgan fingerprint density at radius 2 is 1.52 bits per heavy atom. The van der Waals surface area contributed by atoms with Crippen molar-refractivity contribution in [2.75, 3.05) is 5.32 Å². The number of nitrogens with one attached hydrogen (secondary N) is 1. The van der Waals surface area contributed by atoms with Gasteiger partial charge in [0.25, 0.3) is 11.8 Å². The third kappa shape index (κ3) is 2.60. The van der Waals surface area contributed by atoms with Gasteiger partial charge in [0.1, 0.15) is 9.75 Å². The molecule has 1 heterocycles. The number of hydrogen-bond acceptors (Lipinski definition) is 4. The third-order valence-electron chi connectivity index (χ3n) is 5.44. The van der Waals surface area contributed by atoms with Crippen molar-refractivity contribution in [1.82, 2.24) is 5.06 Å². The van der Waals surface area contributed by atoms with Crippen LogP contribution in [0.1, 0.15) is 0 Å². The fourth-order valence-electron chi connectivity index (χ4n) is 4.17. The first-order valence-corrected chi connectivity index (χ1v) is 10.8. The average molecular weight is 541 g/mol. The number of fused-ring (bicyclic) bond motifs is 5. The summed E-state index contributed by atoms with van der Waals surface area (Å²) in [7, 11) is 0. The zero-order chi connectivity index (χ0) is 21.5. The number of carbonyl (C=O) groups excluding carboxylic acids is 3. The number of halogens is 7. The van der Waals surface area contributed by atoms with Crippen LogP contribution < -0.4 is 5.32 Å². The first-order chi connectivity index (χ1) is 13.4. The van der Waals surface area contributed by atoms with Crippen molar-refractivity contribution in [1.29, 1.82) is 0 Å². The van der Waals surface area contributed by atoms with Gasteiger partial charge in [0, 0.05) is 10.7 Å². The van der Waals surface area contributed by atoms with Gasteiger partial charge in [-0.25, -0.2) is 4.79 Å². The summed E-state index contributed by atoms with van der Waals surface area (Å²) in [5.74, 6) is -4.56. The van der Waals surface area contributed by atoms with Gasteiger partial charge in [0.15, 0.2) is 4.33 Å². The van der Waals surface area contributed by atoms with Gasteiger partial charge in [-0.2, -0.15) is 0 Å². The van der Waals surface area contributed by atoms with E-state index < -0.39 is 54.6 Å². The van der Waals surface area contributed by atoms with E-state index in [9.17, 15) is 14.4 Å². The highest BCUT2D eigenvalue weighted by Crippen LogP contribution is 2.76. The summed E-state index contributed by atoms with van der Waals surface area (Å²) in [5.41, 5.74) is 0.284. The summed E-state index contributed by atoms with van der Waals surface area (Å²) in [6, 6.07) is 6.15. The van der Waals surface area contributed by atoms with Crippen molar-refractivity contribution in [2.24, 2.45) is 11.8 Å². The second kappa shape index (κ2) is 6.83. The molecular weight excluding hydrogens is 532 g/mol. The van der Waals surface area contributed by atoms with Crippen LogP contribution in [-0.4, -0.2) is 47.8 Å². The van der Waals surface area contributed by atoms with Crippen molar-refractivity contribution in [3.63, 3.8) is 0 Å². The minimum absolute atomic E-state index is 0.283. The van der Waals surface area contributed by atoms with Crippen LogP contribution in [0.25, 0.3) is 0 Å². The Balaban J connectivity index is 1.62. The Kier molecular flexibility index (Phi) is 5.15. The highest BCUT2D eigenvalue weighted by molar-refractivity contribution is 6.63. The molecule has 3 amide bonds. The molecule has 1 aromatic carbocycles. The second-order valence-corrected chi connectivity index (χ2v) is 10.8. The maximum atomic E-state index is 12.9. The summed E-state index contributed by atoms with van der Waals surface area (Å²) in [5, 5.41) is 0.730. The normalized spacial score (nSPS) is 39.6. The number of benzene rings is 1. The largest absolute Gasteiger partial charge is 0.436 e. The van der Waals surface area contributed by atoms with E-state index in [4.69, 9.17) is 86.0 Å². The molecule has 2 saturated carbocycles. The molecule has 6 atom stereocenters. The zero-order valence-corrected chi connectivity index (χ0v) is 19.1. The lowest BCUT2D eigenvalue weighted by Crippen LogP contribution is -2.51. The minimum atomic E-state index is -1.99. The Hall–Kier alpha value is -0.340. The molecule has 4 rings (SSSR count). The molecule has 3 aliphatic rings. The summed E-state index contributed by atoms with van der Waals surface area (Å²) in [6.07, 6.45) is -1.11. The van der Waals surface area contributed by atoms with Crippen LogP contribution in [0.4, 0.5) is 10.5 Å². The van der Waals surface area contributed by atoms with Gasteiger partial charge >= 0.3 is 6.09 Å². The van der Waals surface area contributed by atoms with E-state index in [1.807, 2.05) is 0 Å². The fourth-order valence-corrected chi connectivity index (χ4v) is 7.70. The smallest absolute Gasteiger partial charge is 0.311 e. The van der Waals surface area contributed by atoms with Crippen LogP contribution in [0.2, 0.25) is 5.02 Å². The molecular formula is C16H9Cl7N2O4. The summed E-state index contributed by atoms with van der Waals surface area (Å²) in [6.45, 7) is 0. The molecule has 1 aliphatic heterocycles. The van der Waals surface area contributed by atoms with E-state index in [1.165, 1.54) is 12.1 Å². The monoisotopic (exact) mass is 538 g/mol. The molecule has 13 heteroatoms. The number of anilines is 1. The lowest BCUT2D eigenvalue weighted by molar-refractivity contribution is -0.173. The first kappa shape index (κ1) is 21.9. The lowest BCUT2D eigenvalue weighted by atomic mass is 9.79. The molecule has 0 aromatic heterocycles. The van der Waals surface area contributed by atoms with E-state index in [2.05, 4.69) is 5.32 Å². The predicted molar refractivity (Wildman–Crippen MR) is 111 cm³/mol. The second-order valence-electron chi connectivity index (χ2n) is 6.85. The minimum Gasteiger partial charge on any atom is -0.311 e. The molecule has 3 fully saturated rings. The standard InChI is InChI=1S/C16H9Cl7N2O4/c17-5-2-1-3-6(4-5)24-13(28)29-25-11(26)7-8(12(25)27)15(21)10(19)9(18)14(7,20)16(15,22)23/h1-4,7-10H,(H,24,28)/t7-,8-,9-,10+,14+,15+/m1/s1. The predicted octanol–water partition coefficient (Wildman–Crippen LogP) is 4.78. The van der Waals surface area contributed by atoms with E-state index in [-0.39, 0.29) is 10.8 Å². The number of hydrogen-bond donors (Lipinski definition) is 1. The van der Waals surface area contributed by atoms with E-state index in [0.29, 0.717) is 5.02 Å². The molecule has 0 unspecified atom stereocenters. The number of hydroxylamine groups is 2. The van der Waals surface area contributed by atoms with Crippen LogP contribution in [0.15, 0.2) is 24.3 Å². The van der Waals surface area contributed by atoms with Crippen molar-refractivity contribution >= 4 is 105 Å². The zero-order valence-electron chi connectivity index (χ0n) is 13.8. The number of nitrogens with zero attached hydrogens (tertiary/aromatic N) is 1. The van der Waals surface area contributed by atoms with E-state index in [1.54, 1.807) is 12.1 Å². The van der Waals surface area contributed by atoms with Crippen LogP contribution in [-0.2, 0) is 14.4 Å². The van der Waals surface area contributed by atoms with E-state index >= 15 is 0 Å². The lowest BCUT2D eigenvalue weighted by Gasteiger charge is -2.35. The first-order valence-electron chi connectivity index (χ1n) is 8.05. The molecule has 156 valence electrons. The average Bonchev–Trinajstić information content (AvgIpc) is 3.01. The van der Waals surface area contributed by atoms with Gasteiger partial charge in [-0.15, -0.1) is 51.5 Å². The van der Waals surface area contributed by atoms with Crippen LogP contribution in [0, 0.1) is 11.8 Å². The van der Waals surface area contributed by atoms with Gasteiger partial charge in [0.05, 0.1) is 22.6 Å². The van der Waals surface area contributed by atoms with Crippen molar-refractivity contribution in [3.8, 4) is 0 Å². The molecule has 1 saturated heterocycles. The van der Waals surface area contributed by atoms with Crippen molar-refractivity contribution in [3.05, 3.63) is 29.3 Å². The molecule has 6 nitrogen and oxygen atoms in total. The molecule has 2 aliphatic carbocycles. The Bertz CT molecular complexity index is 904. The quantitative estimate of drug-likeness (QED) is 0.432. The van der Waals surface area contributed by atoms with Crippen LogP contribution in [0.3, 0.4) is 0 Å². The van der Waals surface area contributed by atoms with Gasteiger partial charge < -0.3 is 4.84 Å². The molecule has 0 radical (unpaired) electrons. The molecule has 1 N–H and O–H groups in total. The number of carbonyl (C=O) groups is 3. The van der Waals surface area contributed by atoms with Crippen LogP contribution >= 0.6 is 81.2 Å². The summed E-state index contributed by atoms with van der Waals surface area (Å²) in [4.78, 5) is 39.3. The maximum absolute atomic E-state index is 12.9. The Labute approximate surface area is 199 Å². The van der Waals surface area contributed by atoms with Crippen molar-refractivity contribution < 1.29 is 19.2 Å². The SMILES string of the molecule is O=C(Nc1cccc(Cl)c1)ON1C(=O)[C@H]2[C@H](C1=O)[C@]1(Cl)[C@@H](Cl)[C@@H](Cl)[C@]2(Cl)C1(Cl)Cl. The van der Waals surface area contributed by atoms with Crippen molar-refractivity contribution in [2.45, 2.75) is 24.8 Å². The Morgan fingerprint density at radius 3 is 2.00 bits per heavy atom. The topological polar surface area (TPSA) is 75.7 Å². The number of alkyl halides is 6. The highest BCUT2D eigenvalue weighted by Gasteiger charge is 2.91. The van der Waals surface area contributed by atoms with Gasteiger partial charge in [-0.3, -0.25) is 14.9 Å². The maximum Gasteiger partial charge on any atom is 0.436 e. The Morgan fingerprint density at radius 1 is 1.00 bits per heavy atom. The molecule has 2 bridgehead atoms. The number of imide groups is 1. The molecule has 29 heavy (non-hydrogen) atoms. The third-order valence-corrected chi connectivity index (χ3v) is 10.4. The number of rotatable bonds is 2. The van der Waals surface area contributed by atoms with Gasteiger partial charge in [0.2, 0.25) is 0 Å². The molecule has 1 aromatic rings. The van der Waals surface area contributed by atoms with Crippen LogP contribution in [0.5, 0.6) is 0 Å². The highest BCUT2D eigenvalue weighted by atomic mass is 35.5. The van der Waals surface area contributed by atoms with E-state index in [0.717, 1.165) is 0 Å². The van der Waals surface area contributed by atoms with Gasteiger partial charge in [-0.05, 0) is 18.2 Å². The van der Waals surface area contributed by atoms with Gasteiger partial charge in [-0.1, -0.05) is 40.9 Å². The summed E-state index contributed by atoms with van der Waals surface area (Å²) >= 11 is 44.4.